The molecule has 0 aliphatic heterocycles. The average molecular weight is 264 g/mol. The zero-order valence-electron chi connectivity index (χ0n) is 12.2. The lowest BCUT2D eigenvalue weighted by atomic mass is 9.67. The Balaban J connectivity index is 1.88. The van der Waals surface area contributed by atoms with Gasteiger partial charge in [-0.1, -0.05) is 6.42 Å². The number of hydrogen-bond acceptors (Lipinski definition) is 3. The highest BCUT2D eigenvalue weighted by atomic mass is 16.3. The molecule has 1 fully saturated rings. The van der Waals surface area contributed by atoms with Crippen LogP contribution >= 0.6 is 0 Å². The molecule has 0 saturated heterocycles. The molecule has 0 aromatic carbocycles. The number of aryl methyl sites for hydroxylation is 1. The highest BCUT2D eigenvalue weighted by Gasteiger charge is 2.44. The van der Waals surface area contributed by atoms with Gasteiger partial charge in [-0.25, -0.2) is 0 Å². The van der Waals surface area contributed by atoms with Crippen molar-refractivity contribution in [2.45, 2.75) is 32.6 Å². The number of rotatable bonds is 6. The van der Waals surface area contributed by atoms with E-state index in [1.807, 2.05) is 38.1 Å². The summed E-state index contributed by atoms with van der Waals surface area (Å²) in [5, 5.41) is 3.16. The lowest BCUT2D eigenvalue weighted by Crippen LogP contribution is -2.51. The fraction of sp³-hybridized carbons (Fsp3) is 0.667. The molecule has 1 aromatic rings. The summed E-state index contributed by atoms with van der Waals surface area (Å²) in [5.41, 5.74) is -0.150. The van der Waals surface area contributed by atoms with Gasteiger partial charge in [0, 0.05) is 26.6 Å². The van der Waals surface area contributed by atoms with Gasteiger partial charge in [0.2, 0.25) is 5.91 Å². The van der Waals surface area contributed by atoms with Crippen LogP contribution in [0.1, 0.15) is 30.8 Å². The van der Waals surface area contributed by atoms with Gasteiger partial charge in [-0.3, -0.25) is 4.79 Å². The summed E-state index contributed by atoms with van der Waals surface area (Å²) >= 11 is 0. The van der Waals surface area contributed by atoms with Crippen LogP contribution in [0.2, 0.25) is 0 Å². The van der Waals surface area contributed by atoms with E-state index in [9.17, 15) is 4.79 Å². The highest BCUT2D eigenvalue weighted by Crippen LogP contribution is 2.41. The Bertz CT molecular complexity index is 435. The summed E-state index contributed by atoms with van der Waals surface area (Å²) in [5.74, 6) is 2.15. The maximum absolute atomic E-state index is 12.5. The molecule has 2 rings (SSSR count). The molecule has 4 nitrogen and oxygen atoms in total. The zero-order chi connectivity index (χ0) is 13.9. The molecule has 0 unspecified atom stereocenters. The Hall–Kier alpha value is -1.29. The summed E-state index contributed by atoms with van der Waals surface area (Å²) in [6.07, 6.45) is 3.97. The summed E-state index contributed by atoms with van der Waals surface area (Å²) in [6, 6.07) is 3.95. The van der Waals surface area contributed by atoms with Crippen LogP contribution in [0.25, 0.3) is 0 Å². The van der Waals surface area contributed by atoms with Crippen LogP contribution in [0.4, 0.5) is 0 Å². The van der Waals surface area contributed by atoms with Crippen molar-refractivity contribution in [3.8, 4) is 0 Å². The summed E-state index contributed by atoms with van der Waals surface area (Å²) in [6.45, 7) is 3.45. The molecule has 1 aromatic heterocycles. The van der Waals surface area contributed by atoms with E-state index in [1.165, 1.54) is 6.42 Å². The third-order valence-electron chi connectivity index (χ3n) is 4.12. The molecule has 1 saturated carbocycles. The van der Waals surface area contributed by atoms with Crippen LogP contribution in [0.15, 0.2) is 16.5 Å². The van der Waals surface area contributed by atoms with Gasteiger partial charge in [0.05, 0.1) is 5.41 Å². The van der Waals surface area contributed by atoms with Crippen LogP contribution in [0, 0.1) is 12.3 Å². The molecule has 0 radical (unpaired) electrons. The number of nitrogens with one attached hydrogen (secondary N) is 1. The van der Waals surface area contributed by atoms with Gasteiger partial charge < -0.3 is 14.6 Å². The van der Waals surface area contributed by atoms with Crippen molar-refractivity contribution in [1.29, 1.82) is 0 Å². The van der Waals surface area contributed by atoms with Gasteiger partial charge in [-0.05, 0) is 38.9 Å². The third kappa shape index (κ3) is 3.00. The number of carbonyl (C=O) groups is 1. The maximum atomic E-state index is 12.5. The standard InChI is InChI=1S/C15H24N2O2/c1-12-5-6-13(19-12)7-10-17(3)14(18)15(11-16-2)8-4-9-15/h5-6,16H,4,7-11H2,1-3H3. The lowest BCUT2D eigenvalue weighted by Gasteiger charge is -2.42. The topological polar surface area (TPSA) is 45.5 Å². The molecule has 0 spiro atoms. The van der Waals surface area contributed by atoms with Gasteiger partial charge in [-0.15, -0.1) is 0 Å². The molecular weight excluding hydrogens is 240 g/mol. The van der Waals surface area contributed by atoms with Gasteiger partial charge in [0.15, 0.2) is 0 Å². The van der Waals surface area contributed by atoms with Crippen molar-refractivity contribution in [3.63, 3.8) is 0 Å². The van der Waals surface area contributed by atoms with E-state index in [2.05, 4.69) is 5.32 Å². The Morgan fingerprint density at radius 2 is 2.21 bits per heavy atom. The Morgan fingerprint density at radius 3 is 2.68 bits per heavy atom. The molecule has 0 bridgehead atoms. The summed E-state index contributed by atoms with van der Waals surface area (Å²) < 4.78 is 5.54. The van der Waals surface area contributed by atoms with Crippen molar-refractivity contribution in [3.05, 3.63) is 23.7 Å². The molecule has 4 heteroatoms. The minimum atomic E-state index is -0.150. The Kier molecular flexibility index (Phi) is 4.30. The quantitative estimate of drug-likeness (QED) is 0.854. The Morgan fingerprint density at radius 1 is 1.47 bits per heavy atom. The third-order valence-corrected chi connectivity index (χ3v) is 4.12. The average Bonchev–Trinajstić information content (AvgIpc) is 2.76. The number of furan rings is 1. The second-order valence-electron chi connectivity index (χ2n) is 5.65. The van der Waals surface area contributed by atoms with Crippen molar-refractivity contribution in [1.82, 2.24) is 10.2 Å². The summed E-state index contributed by atoms with van der Waals surface area (Å²) in [4.78, 5) is 14.4. The predicted octanol–water partition coefficient (Wildman–Crippen LogP) is 1.98. The number of nitrogens with zero attached hydrogens (tertiary/aromatic N) is 1. The second kappa shape index (κ2) is 5.78. The van der Waals surface area contributed by atoms with Crippen LogP contribution in [0.5, 0.6) is 0 Å². The minimum Gasteiger partial charge on any atom is -0.466 e. The second-order valence-corrected chi connectivity index (χ2v) is 5.65. The van der Waals surface area contributed by atoms with Gasteiger partial charge in [0.1, 0.15) is 11.5 Å². The van der Waals surface area contributed by atoms with E-state index in [0.717, 1.165) is 43.9 Å². The molecule has 1 amide bonds. The first kappa shape index (κ1) is 14.1. The first-order valence-corrected chi connectivity index (χ1v) is 7.03. The molecular formula is C15H24N2O2. The fourth-order valence-corrected chi connectivity index (χ4v) is 2.81. The number of hydrogen-bond donors (Lipinski definition) is 1. The first-order valence-electron chi connectivity index (χ1n) is 7.03. The van der Waals surface area contributed by atoms with Crippen LogP contribution in [-0.2, 0) is 11.2 Å². The van der Waals surface area contributed by atoms with E-state index in [1.54, 1.807) is 0 Å². The smallest absolute Gasteiger partial charge is 0.229 e. The molecule has 0 atom stereocenters. The zero-order valence-corrected chi connectivity index (χ0v) is 12.2. The van der Waals surface area contributed by atoms with E-state index in [0.29, 0.717) is 0 Å². The number of amides is 1. The first-order chi connectivity index (χ1) is 9.07. The molecule has 106 valence electrons. The summed E-state index contributed by atoms with van der Waals surface area (Å²) in [7, 11) is 3.81. The molecule has 19 heavy (non-hydrogen) atoms. The molecule has 1 aliphatic rings. The highest BCUT2D eigenvalue weighted by molar-refractivity contribution is 5.83. The predicted molar refractivity (Wildman–Crippen MR) is 75.0 cm³/mol. The molecule has 1 heterocycles. The van der Waals surface area contributed by atoms with E-state index in [-0.39, 0.29) is 11.3 Å². The van der Waals surface area contributed by atoms with Gasteiger partial charge >= 0.3 is 0 Å². The Labute approximate surface area is 115 Å². The number of carbonyl (C=O) groups excluding carboxylic acids is 1. The lowest BCUT2D eigenvalue weighted by molar-refractivity contribution is -0.145. The van der Waals surface area contributed by atoms with E-state index >= 15 is 0 Å². The number of likely N-dealkylation sites (N-methyl/N-ethyl adjacent to an activating group) is 1. The van der Waals surface area contributed by atoms with E-state index in [4.69, 9.17) is 4.42 Å². The largest absolute Gasteiger partial charge is 0.466 e. The SMILES string of the molecule is CNCC1(C(=O)N(C)CCc2ccc(C)o2)CCC1. The van der Waals surface area contributed by atoms with Crippen LogP contribution < -0.4 is 5.32 Å². The van der Waals surface area contributed by atoms with Crippen molar-refractivity contribution >= 4 is 5.91 Å². The fourth-order valence-electron chi connectivity index (χ4n) is 2.81. The van der Waals surface area contributed by atoms with Crippen molar-refractivity contribution < 1.29 is 9.21 Å². The van der Waals surface area contributed by atoms with E-state index < -0.39 is 0 Å². The maximum Gasteiger partial charge on any atom is 0.229 e. The van der Waals surface area contributed by atoms with Crippen molar-refractivity contribution in [2.75, 3.05) is 27.2 Å². The monoisotopic (exact) mass is 264 g/mol. The van der Waals surface area contributed by atoms with Crippen molar-refractivity contribution in [2.24, 2.45) is 5.41 Å². The van der Waals surface area contributed by atoms with Crippen LogP contribution in [-0.4, -0.2) is 38.0 Å². The normalized spacial score (nSPS) is 17.0. The molecule has 1 aliphatic carbocycles. The molecule has 1 N–H and O–H groups in total. The van der Waals surface area contributed by atoms with Gasteiger partial charge in [0.25, 0.3) is 0 Å². The van der Waals surface area contributed by atoms with Crippen LogP contribution in [0.3, 0.4) is 0 Å². The van der Waals surface area contributed by atoms with Gasteiger partial charge in [-0.2, -0.15) is 0 Å². The minimum absolute atomic E-state index is 0.150.